The van der Waals surface area contributed by atoms with Gasteiger partial charge < -0.3 is 5.32 Å². The van der Waals surface area contributed by atoms with E-state index in [0.717, 1.165) is 25.8 Å². The molecule has 0 unspecified atom stereocenters. The molecule has 1 saturated carbocycles. The zero-order chi connectivity index (χ0) is 15.5. The van der Waals surface area contributed by atoms with E-state index in [1.165, 1.54) is 6.42 Å². The average molecular weight is 314 g/mol. The Kier molecular flexibility index (Phi) is 5.06. The molecule has 6 nitrogen and oxygen atoms in total. The molecule has 0 atom stereocenters. The smallest absolute Gasteiger partial charge is 0.244 e. The van der Waals surface area contributed by atoms with E-state index < -0.39 is 10.0 Å². The monoisotopic (exact) mass is 314 g/mol. The van der Waals surface area contributed by atoms with Crippen molar-refractivity contribution in [1.82, 2.24) is 20.2 Å². The van der Waals surface area contributed by atoms with Gasteiger partial charge in [0.05, 0.1) is 11.4 Å². The highest BCUT2D eigenvalue weighted by Crippen LogP contribution is 2.39. The van der Waals surface area contributed by atoms with Crippen LogP contribution < -0.4 is 10.0 Å². The lowest BCUT2D eigenvalue weighted by atomic mass is 9.71. The van der Waals surface area contributed by atoms with Crippen molar-refractivity contribution in [2.75, 3.05) is 13.1 Å². The highest BCUT2D eigenvalue weighted by Gasteiger charge is 2.34. The molecule has 1 aromatic rings. The molecule has 1 aliphatic carbocycles. The minimum absolute atomic E-state index is 0.116. The molecule has 3 N–H and O–H groups in total. The summed E-state index contributed by atoms with van der Waals surface area (Å²) in [6, 6.07) is 0. The number of rotatable bonds is 8. The summed E-state index contributed by atoms with van der Waals surface area (Å²) < 4.78 is 27.9. The Labute approximate surface area is 127 Å². The van der Waals surface area contributed by atoms with E-state index in [1.807, 2.05) is 0 Å². The van der Waals surface area contributed by atoms with E-state index in [4.69, 9.17) is 0 Å². The molecule has 120 valence electrons. The third-order valence-corrected chi connectivity index (χ3v) is 5.80. The first kappa shape index (κ1) is 16.5. The van der Waals surface area contributed by atoms with Gasteiger partial charge in [0.15, 0.2) is 0 Å². The lowest BCUT2D eigenvalue weighted by Gasteiger charge is -2.38. The van der Waals surface area contributed by atoms with Gasteiger partial charge in [0.25, 0.3) is 0 Å². The van der Waals surface area contributed by atoms with E-state index in [0.29, 0.717) is 29.4 Å². The van der Waals surface area contributed by atoms with E-state index >= 15 is 0 Å². The van der Waals surface area contributed by atoms with Crippen LogP contribution in [0.5, 0.6) is 0 Å². The molecule has 7 heteroatoms. The second kappa shape index (κ2) is 6.46. The van der Waals surface area contributed by atoms with Crippen LogP contribution in [0.1, 0.15) is 50.9 Å². The number of H-pyrrole nitrogens is 1. The van der Waals surface area contributed by atoms with Gasteiger partial charge in [0.1, 0.15) is 4.90 Å². The van der Waals surface area contributed by atoms with E-state index in [1.54, 1.807) is 6.92 Å². The summed E-state index contributed by atoms with van der Waals surface area (Å²) in [7, 11) is -3.51. The van der Waals surface area contributed by atoms with Crippen LogP contribution in [-0.2, 0) is 16.6 Å². The summed E-state index contributed by atoms with van der Waals surface area (Å²) in [5.74, 6) is 0. The minimum atomic E-state index is -3.51. The van der Waals surface area contributed by atoms with Crippen molar-refractivity contribution in [3.05, 3.63) is 11.4 Å². The van der Waals surface area contributed by atoms with Gasteiger partial charge in [0.2, 0.25) is 10.0 Å². The van der Waals surface area contributed by atoms with Crippen LogP contribution in [0.4, 0.5) is 0 Å². The number of aryl methyl sites for hydroxylation is 1. The summed E-state index contributed by atoms with van der Waals surface area (Å²) in [6.45, 7) is 7.76. The molecule has 0 saturated heterocycles. The van der Waals surface area contributed by atoms with E-state index in [2.05, 4.69) is 34.1 Å². The molecular formula is C14H26N4O2S. The molecule has 1 aliphatic rings. The predicted octanol–water partition coefficient (Wildman–Crippen LogP) is 1.69. The first-order valence-electron chi connectivity index (χ1n) is 7.62. The van der Waals surface area contributed by atoms with Crippen LogP contribution in [0.3, 0.4) is 0 Å². The quantitative estimate of drug-likeness (QED) is 0.637. The Morgan fingerprint density at radius 1 is 1.38 bits per heavy atom. The maximum Gasteiger partial charge on any atom is 0.244 e. The Hall–Kier alpha value is -0.920. The number of hydrogen-bond donors (Lipinski definition) is 3. The molecular weight excluding hydrogens is 288 g/mol. The molecule has 1 fully saturated rings. The Morgan fingerprint density at radius 3 is 2.67 bits per heavy atom. The molecule has 0 aliphatic heterocycles. The standard InChI is InChI=1S/C14H26N4O2S/c1-4-8-15-9-12-13(11(2)17-18-12)21(19,20)16-10-14(3)6-5-7-14/h15-16H,4-10H2,1-3H3,(H,17,18). The number of sulfonamides is 1. The Balaban J connectivity index is 2.09. The number of aromatic amines is 1. The van der Waals surface area contributed by atoms with Gasteiger partial charge in [0, 0.05) is 13.1 Å². The fourth-order valence-electron chi connectivity index (χ4n) is 2.63. The zero-order valence-corrected chi connectivity index (χ0v) is 13.9. The molecule has 0 radical (unpaired) electrons. The van der Waals surface area contributed by atoms with Gasteiger partial charge in [-0.2, -0.15) is 5.10 Å². The third kappa shape index (κ3) is 3.84. The summed E-state index contributed by atoms with van der Waals surface area (Å²) in [5, 5.41) is 10.1. The molecule has 0 amide bonds. The Morgan fingerprint density at radius 2 is 2.10 bits per heavy atom. The number of nitrogens with one attached hydrogen (secondary N) is 3. The number of nitrogens with zero attached hydrogens (tertiary/aromatic N) is 1. The van der Waals surface area contributed by atoms with Crippen LogP contribution in [0, 0.1) is 12.3 Å². The zero-order valence-electron chi connectivity index (χ0n) is 13.1. The average Bonchev–Trinajstić information content (AvgIpc) is 2.77. The van der Waals surface area contributed by atoms with Crippen LogP contribution >= 0.6 is 0 Å². The normalized spacial score (nSPS) is 17.7. The van der Waals surface area contributed by atoms with Crippen molar-refractivity contribution in [1.29, 1.82) is 0 Å². The fraction of sp³-hybridized carbons (Fsp3) is 0.786. The minimum Gasteiger partial charge on any atom is -0.311 e. The van der Waals surface area contributed by atoms with Crippen molar-refractivity contribution in [3.63, 3.8) is 0 Å². The van der Waals surface area contributed by atoms with Crippen LogP contribution in [0.15, 0.2) is 4.90 Å². The van der Waals surface area contributed by atoms with Gasteiger partial charge >= 0.3 is 0 Å². The van der Waals surface area contributed by atoms with Crippen molar-refractivity contribution >= 4 is 10.0 Å². The second-order valence-electron chi connectivity index (χ2n) is 6.29. The van der Waals surface area contributed by atoms with E-state index in [9.17, 15) is 8.42 Å². The molecule has 0 spiro atoms. The van der Waals surface area contributed by atoms with Crippen molar-refractivity contribution < 1.29 is 8.42 Å². The fourth-order valence-corrected chi connectivity index (χ4v) is 4.19. The van der Waals surface area contributed by atoms with Crippen LogP contribution in [0.2, 0.25) is 0 Å². The van der Waals surface area contributed by atoms with Gasteiger partial charge in [-0.15, -0.1) is 0 Å². The first-order chi connectivity index (χ1) is 9.88. The summed E-state index contributed by atoms with van der Waals surface area (Å²) in [5.41, 5.74) is 1.27. The lowest BCUT2D eigenvalue weighted by molar-refractivity contribution is 0.166. The summed E-state index contributed by atoms with van der Waals surface area (Å²) in [4.78, 5) is 0.300. The molecule has 21 heavy (non-hydrogen) atoms. The van der Waals surface area contributed by atoms with E-state index in [-0.39, 0.29) is 5.41 Å². The summed E-state index contributed by atoms with van der Waals surface area (Å²) in [6.07, 6.45) is 4.37. The van der Waals surface area contributed by atoms with Crippen LogP contribution in [-0.4, -0.2) is 31.7 Å². The molecule has 0 bridgehead atoms. The highest BCUT2D eigenvalue weighted by molar-refractivity contribution is 7.89. The lowest BCUT2D eigenvalue weighted by Crippen LogP contribution is -2.40. The largest absolute Gasteiger partial charge is 0.311 e. The van der Waals surface area contributed by atoms with Gasteiger partial charge in [-0.25, -0.2) is 13.1 Å². The number of hydrogen-bond acceptors (Lipinski definition) is 4. The van der Waals surface area contributed by atoms with Gasteiger partial charge in [-0.3, -0.25) is 5.10 Å². The maximum absolute atomic E-state index is 12.6. The van der Waals surface area contributed by atoms with Crippen molar-refractivity contribution in [2.45, 2.75) is 57.9 Å². The second-order valence-corrected chi connectivity index (χ2v) is 7.99. The van der Waals surface area contributed by atoms with Gasteiger partial charge in [-0.1, -0.05) is 20.3 Å². The van der Waals surface area contributed by atoms with Crippen molar-refractivity contribution in [2.24, 2.45) is 5.41 Å². The van der Waals surface area contributed by atoms with Crippen molar-refractivity contribution in [3.8, 4) is 0 Å². The molecule has 0 aromatic carbocycles. The first-order valence-corrected chi connectivity index (χ1v) is 9.10. The Bertz CT molecular complexity index is 576. The topological polar surface area (TPSA) is 86.9 Å². The third-order valence-electron chi connectivity index (χ3n) is 4.20. The SMILES string of the molecule is CCCNCc1n[nH]c(C)c1S(=O)(=O)NCC1(C)CCC1. The molecule has 1 heterocycles. The number of aromatic nitrogens is 2. The maximum atomic E-state index is 12.6. The van der Waals surface area contributed by atoms with Gasteiger partial charge in [-0.05, 0) is 38.1 Å². The molecule has 1 aromatic heterocycles. The highest BCUT2D eigenvalue weighted by atomic mass is 32.2. The summed E-state index contributed by atoms with van der Waals surface area (Å²) >= 11 is 0. The molecule has 2 rings (SSSR count). The van der Waals surface area contributed by atoms with Crippen LogP contribution in [0.25, 0.3) is 0 Å². The predicted molar refractivity (Wildman–Crippen MR) is 82.5 cm³/mol.